The lowest BCUT2D eigenvalue weighted by Gasteiger charge is -2.22. The summed E-state index contributed by atoms with van der Waals surface area (Å²) in [5.74, 6) is 1.25. The van der Waals surface area contributed by atoms with Crippen molar-refractivity contribution in [2.75, 3.05) is 30.9 Å². The predicted molar refractivity (Wildman–Crippen MR) is 127 cm³/mol. The van der Waals surface area contributed by atoms with Crippen molar-refractivity contribution in [3.8, 4) is 17.2 Å². The summed E-state index contributed by atoms with van der Waals surface area (Å²) in [5.41, 5.74) is 1.45. The van der Waals surface area contributed by atoms with Crippen molar-refractivity contribution in [1.29, 1.82) is 0 Å². The first-order valence-corrected chi connectivity index (χ1v) is 11.6. The molecule has 0 amide bonds. The second-order valence-electron chi connectivity index (χ2n) is 8.96. The Labute approximate surface area is 205 Å². The van der Waals surface area contributed by atoms with Gasteiger partial charge in [0.05, 0.1) is 18.4 Å². The standard InChI is InChI=1S/C23H27ClF3N5O3/c1-10-11(2)15(5-14(10)8-33)30-21-18(20(24)31-22(32-21)28-9-23(25,26)27)16-6-13-7-17(34-4)29-12(3)19(13)35-16/h6-7,10-11,14-15,33H,5,8-9H2,1-4H3,(H2,28,30,31,32)/t10-,11+,14+,15+/m0/s1. The Morgan fingerprint density at radius 3 is 2.57 bits per heavy atom. The van der Waals surface area contributed by atoms with Crippen LogP contribution in [0, 0.1) is 24.7 Å². The number of pyridine rings is 1. The second kappa shape index (κ2) is 9.69. The molecule has 1 aliphatic carbocycles. The van der Waals surface area contributed by atoms with E-state index in [1.54, 1.807) is 19.1 Å². The zero-order chi connectivity index (χ0) is 25.5. The Balaban J connectivity index is 1.78. The second-order valence-corrected chi connectivity index (χ2v) is 9.31. The average molecular weight is 514 g/mol. The van der Waals surface area contributed by atoms with E-state index in [4.69, 9.17) is 20.8 Å². The van der Waals surface area contributed by atoms with Gasteiger partial charge in [0, 0.05) is 24.1 Å². The Morgan fingerprint density at radius 2 is 1.94 bits per heavy atom. The molecular weight excluding hydrogens is 487 g/mol. The van der Waals surface area contributed by atoms with E-state index >= 15 is 0 Å². The fraction of sp³-hybridized carbons (Fsp3) is 0.522. The van der Waals surface area contributed by atoms with Gasteiger partial charge in [-0.25, -0.2) is 9.97 Å². The quantitative estimate of drug-likeness (QED) is 0.366. The third-order valence-electron chi connectivity index (χ3n) is 6.73. The highest BCUT2D eigenvalue weighted by molar-refractivity contribution is 6.32. The minimum absolute atomic E-state index is 0.0527. The third kappa shape index (κ3) is 5.25. The van der Waals surface area contributed by atoms with Crippen LogP contribution in [0.2, 0.25) is 5.15 Å². The van der Waals surface area contributed by atoms with Crippen LogP contribution in [0.25, 0.3) is 22.3 Å². The molecule has 0 saturated heterocycles. The average Bonchev–Trinajstić information content (AvgIpc) is 3.33. The minimum Gasteiger partial charge on any atom is -0.481 e. The molecule has 0 spiro atoms. The first-order valence-electron chi connectivity index (χ1n) is 11.2. The zero-order valence-electron chi connectivity index (χ0n) is 19.7. The fourth-order valence-corrected chi connectivity index (χ4v) is 4.84. The predicted octanol–water partition coefficient (Wildman–Crippen LogP) is 5.29. The number of aryl methyl sites for hydroxylation is 1. The molecule has 3 aromatic rings. The number of furan rings is 1. The molecule has 12 heteroatoms. The van der Waals surface area contributed by atoms with Gasteiger partial charge >= 0.3 is 6.18 Å². The molecule has 0 unspecified atom stereocenters. The van der Waals surface area contributed by atoms with Crippen molar-refractivity contribution in [2.45, 2.75) is 39.4 Å². The van der Waals surface area contributed by atoms with E-state index < -0.39 is 12.7 Å². The topological polar surface area (TPSA) is 105 Å². The van der Waals surface area contributed by atoms with Gasteiger partial charge in [0.1, 0.15) is 23.3 Å². The normalized spacial score (nSPS) is 22.5. The molecule has 0 bridgehead atoms. The number of methoxy groups -OCH3 is 1. The molecule has 4 atom stereocenters. The summed E-state index contributed by atoms with van der Waals surface area (Å²) >= 11 is 6.50. The van der Waals surface area contributed by atoms with Gasteiger partial charge in [-0.2, -0.15) is 18.2 Å². The summed E-state index contributed by atoms with van der Waals surface area (Å²) in [6.07, 6.45) is -3.78. The molecule has 3 N–H and O–H groups in total. The summed E-state index contributed by atoms with van der Waals surface area (Å²) < 4.78 is 49.6. The molecule has 1 saturated carbocycles. The van der Waals surface area contributed by atoms with Gasteiger partial charge in [-0.15, -0.1) is 0 Å². The van der Waals surface area contributed by atoms with Gasteiger partial charge in [-0.3, -0.25) is 0 Å². The highest BCUT2D eigenvalue weighted by Gasteiger charge is 2.38. The summed E-state index contributed by atoms with van der Waals surface area (Å²) in [7, 11) is 1.51. The van der Waals surface area contributed by atoms with E-state index in [0.29, 0.717) is 40.3 Å². The summed E-state index contributed by atoms with van der Waals surface area (Å²) in [5, 5.41) is 15.9. The van der Waals surface area contributed by atoms with Crippen LogP contribution < -0.4 is 15.4 Å². The maximum atomic E-state index is 12.8. The highest BCUT2D eigenvalue weighted by Crippen LogP contribution is 2.42. The number of alkyl halides is 3. The van der Waals surface area contributed by atoms with Crippen molar-refractivity contribution >= 4 is 34.3 Å². The van der Waals surface area contributed by atoms with Crippen LogP contribution in [0.5, 0.6) is 5.88 Å². The smallest absolute Gasteiger partial charge is 0.405 e. The molecule has 4 rings (SSSR count). The maximum Gasteiger partial charge on any atom is 0.405 e. The first kappa shape index (κ1) is 25.3. The number of aliphatic hydroxyl groups excluding tert-OH is 1. The summed E-state index contributed by atoms with van der Waals surface area (Å²) in [6.45, 7) is 4.65. The number of aliphatic hydroxyl groups is 1. The Kier molecular flexibility index (Phi) is 7.01. The number of rotatable bonds is 7. The maximum absolute atomic E-state index is 12.8. The van der Waals surface area contributed by atoms with Gasteiger partial charge < -0.3 is 24.9 Å². The van der Waals surface area contributed by atoms with Crippen LogP contribution in [-0.2, 0) is 0 Å². The molecule has 0 aliphatic heterocycles. The number of nitrogens with zero attached hydrogens (tertiary/aromatic N) is 3. The number of aromatic nitrogens is 3. The van der Waals surface area contributed by atoms with Crippen LogP contribution >= 0.6 is 11.6 Å². The molecule has 35 heavy (non-hydrogen) atoms. The van der Waals surface area contributed by atoms with Crippen molar-refractivity contribution in [2.24, 2.45) is 17.8 Å². The van der Waals surface area contributed by atoms with Crippen LogP contribution in [0.4, 0.5) is 24.9 Å². The molecule has 0 aromatic carbocycles. The van der Waals surface area contributed by atoms with E-state index in [2.05, 4.69) is 39.4 Å². The van der Waals surface area contributed by atoms with Gasteiger partial charge in [0.2, 0.25) is 11.8 Å². The number of nitrogens with one attached hydrogen (secondary N) is 2. The molecule has 1 fully saturated rings. The Bertz CT molecular complexity index is 1220. The third-order valence-corrected chi connectivity index (χ3v) is 7.01. The summed E-state index contributed by atoms with van der Waals surface area (Å²) in [6, 6.07) is 3.36. The van der Waals surface area contributed by atoms with Crippen LogP contribution in [0.1, 0.15) is 26.0 Å². The minimum atomic E-state index is -4.45. The van der Waals surface area contributed by atoms with Gasteiger partial charge in [-0.1, -0.05) is 25.4 Å². The number of hydrogen-bond acceptors (Lipinski definition) is 8. The summed E-state index contributed by atoms with van der Waals surface area (Å²) in [4.78, 5) is 12.7. The van der Waals surface area contributed by atoms with Crippen molar-refractivity contribution in [3.05, 3.63) is 23.0 Å². The zero-order valence-corrected chi connectivity index (χ0v) is 20.5. The monoisotopic (exact) mass is 513 g/mol. The fourth-order valence-electron chi connectivity index (χ4n) is 4.58. The van der Waals surface area contributed by atoms with Crippen molar-refractivity contribution in [3.63, 3.8) is 0 Å². The molecule has 8 nitrogen and oxygen atoms in total. The number of ether oxygens (including phenoxy) is 1. The van der Waals surface area contributed by atoms with E-state index in [0.717, 1.165) is 0 Å². The SMILES string of the molecule is COc1cc2cc(-c3c(Cl)nc(NCC(F)(F)F)nc3N[C@@H]3C[C@H](CO)[C@@H](C)[C@H]3C)oc2c(C)n1. The van der Waals surface area contributed by atoms with Crippen molar-refractivity contribution < 1.29 is 27.4 Å². The van der Waals surface area contributed by atoms with Gasteiger partial charge in [0.15, 0.2) is 5.58 Å². The molecule has 1 aliphatic rings. The Hall–Kier alpha value is -2.79. The molecule has 190 valence electrons. The van der Waals surface area contributed by atoms with Crippen LogP contribution in [0.15, 0.2) is 16.5 Å². The lowest BCUT2D eigenvalue weighted by Crippen LogP contribution is -2.26. The van der Waals surface area contributed by atoms with Crippen LogP contribution in [-0.4, -0.2) is 52.5 Å². The number of halogens is 4. The largest absolute Gasteiger partial charge is 0.481 e. The van der Waals surface area contributed by atoms with Gasteiger partial charge in [0.25, 0.3) is 0 Å². The first-order chi connectivity index (χ1) is 16.5. The highest BCUT2D eigenvalue weighted by atomic mass is 35.5. The molecule has 3 aromatic heterocycles. The molecule has 3 heterocycles. The van der Waals surface area contributed by atoms with E-state index in [1.165, 1.54) is 7.11 Å². The van der Waals surface area contributed by atoms with Crippen molar-refractivity contribution in [1.82, 2.24) is 15.0 Å². The number of fused-ring (bicyclic) bond motifs is 1. The lowest BCUT2D eigenvalue weighted by molar-refractivity contribution is -0.115. The van der Waals surface area contributed by atoms with E-state index in [-0.39, 0.29) is 47.3 Å². The van der Waals surface area contributed by atoms with E-state index in [1.807, 2.05) is 0 Å². The van der Waals surface area contributed by atoms with Gasteiger partial charge in [-0.05, 0) is 37.2 Å². The number of hydrogen-bond donors (Lipinski definition) is 3. The lowest BCUT2D eigenvalue weighted by atomic mass is 9.92. The number of anilines is 2. The van der Waals surface area contributed by atoms with E-state index in [9.17, 15) is 18.3 Å². The Morgan fingerprint density at radius 1 is 1.20 bits per heavy atom. The van der Waals surface area contributed by atoms with Crippen LogP contribution in [0.3, 0.4) is 0 Å². The molecule has 0 radical (unpaired) electrons. The molecular formula is C23H27ClF3N5O3.